The smallest absolute Gasteiger partial charge is 0.238 e. The second-order valence-electron chi connectivity index (χ2n) is 6.05. The summed E-state index contributed by atoms with van der Waals surface area (Å²) < 4.78 is 18.3. The van der Waals surface area contributed by atoms with Gasteiger partial charge in [-0.3, -0.25) is 4.79 Å². The monoisotopic (exact) mass is 364 g/mol. The van der Waals surface area contributed by atoms with Crippen molar-refractivity contribution in [2.75, 3.05) is 19.0 Å². The Kier molecular flexibility index (Phi) is 6.79. The van der Waals surface area contributed by atoms with Gasteiger partial charge in [0.05, 0.1) is 19.3 Å². The molecule has 4 nitrogen and oxygen atoms in total. The van der Waals surface area contributed by atoms with Crippen LogP contribution in [0.25, 0.3) is 0 Å². The van der Waals surface area contributed by atoms with Crippen LogP contribution in [-0.4, -0.2) is 19.6 Å². The van der Waals surface area contributed by atoms with E-state index in [1.54, 1.807) is 30.3 Å². The van der Waals surface area contributed by atoms with Crippen LogP contribution in [0.3, 0.4) is 0 Å². The molecule has 6 heteroatoms. The van der Waals surface area contributed by atoms with Gasteiger partial charge in [0.1, 0.15) is 11.6 Å². The zero-order valence-corrected chi connectivity index (χ0v) is 15.2. The average molecular weight is 365 g/mol. The number of methoxy groups -OCH3 is 1. The third kappa shape index (κ3) is 5.44. The highest BCUT2D eigenvalue weighted by Crippen LogP contribution is 2.27. The lowest BCUT2D eigenvalue weighted by Gasteiger charge is -2.23. The minimum atomic E-state index is -0.281. The molecule has 2 N–H and O–H groups in total. The molecular formula is C19H22ClFN2O2. The van der Waals surface area contributed by atoms with E-state index in [9.17, 15) is 9.18 Å². The van der Waals surface area contributed by atoms with E-state index in [4.69, 9.17) is 16.3 Å². The average Bonchev–Trinajstić information content (AvgIpc) is 2.56. The lowest BCUT2D eigenvalue weighted by atomic mass is 9.96. The summed E-state index contributed by atoms with van der Waals surface area (Å²) in [5.41, 5.74) is 1.45. The molecule has 0 spiro atoms. The lowest BCUT2D eigenvalue weighted by molar-refractivity contribution is -0.115. The quantitative estimate of drug-likeness (QED) is 0.765. The second-order valence-corrected chi connectivity index (χ2v) is 6.48. The van der Waals surface area contributed by atoms with Gasteiger partial charge in [0.25, 0.3) is 0 Å². The third-order valence-electron chi connectivity index (χ3n) is 3.81. The summed E-state index contributed by atoms with van der Waals surface area (Å²) in [6, 6.07) is 11.3. The van der Waals surface area contributed by atoms with Gasteiger partial charge in [-0.05, 0) is 41.8 Å². The molecule has 0 saturated carbocycles. The Morgan fingerprint density at radius 2 is 1.88 bits per heavy atom. The summed E-state index contributed by atoms with van der Waals surface area (Å²) in [6.07, 6.45) is 0. The van der Waals surface area contributed by atoms with Crippen LogP contribution in [0.5, 0.6) is 5.75 Å². The van der Waals surface area contributed by atoms with E-state index in [0.29, 0.717) is 16.5 Å². The van der Waals surface area contributed by atoms with Gasteiger partial charge in [0.15, 0.2) is 0 Å². The largest absolute Gasteiger partial charge is 0.495 e. The van der Waals surface area contributed by atoms with Crippen molar-refractivity contribution in [3.8, 4) is 5.75 Å². The molecule has 0 fully saturated rings. The summed E-state index contributed by atoms with van der Waals surface area (Å²) in [6.45, 7) is 4.19. The molecule has 0 aliphatic rings. The molecule has 2 rings (SSSR count). The molecule has 0 heterocycles. The third-order valence-corrected chi connectivity index (χ3v) is 4.05. The Morgan fingerprint density at radius 1 is 1.20 bits per heavy atom. The SMILES string of the molecule is COc1ccc(Cl)cc1NC(=O)CN[C@H](c1ccc(F)cc1)C(C)C. The minimum absolute atomic E-state index is 0.0624. The van der Waals surface area contributed by atoms with Gasteiger partial charge in [-0.1, -0.05) is 37.6 Å². The molecule has 0 unspecified atom stereocenters. The number of anilines is 1. The van der Waals surface area contributed by atoms with E-state index < -0.39 is 0 Å². The first-order chi connectivity index (χ1) is 11.9. The molecule has 2 aromatic rings. The van der Waals surface area contributed by atoms with Crippen molar-refractivity contribution in [1.82, 2.24) is 5.32 Å². The fourth-order valence-electron chi connectivity index (χ4n) is 2.58. The van der Waals surface area contributed by atoms with Gasteiger partial charge >= 0.3 is 0 Å². The second kappa shape index (κ2) is 8.83. The van der Waals surface area contributed by atoms with Crippen LogP contribution in [0.2, 0.25) is 5.02 Å². The number of carbonyl (C=O) groups is 1. The van der Waals surface area contributed by atoms with Crippen LogP contribution in [0, 0.1) is 11.7 Å². The molecule has 0 saturated heterocycles. The Balaban J connectivity index is 2.02. The van der Waals surface area contributed by atoms with Crippen LogP contribution in [0.15, 0.2) is 42.5 Å². The molecular weight excluding hydrogens is 343 g/mol. The maximum absolute atomic E-state index is 13.1. The number of halogens is 2. The summed E-state index contributed by atoms with van der Waals surface area (Å²) in [5, 5.41) is 6.51. The normalized spacial score (nSPS) is 12.1. The molecule has 25 heavy (non-hydrogen) atoms. The maximum atomic E-state index is 13.1. The molecule has 0 radical (unpaired) electrons. The number of benzene rings is 2. The van der Waals surface area contributed by atoms with Crippen molar-refractivity contribution in [3.63, 3.8) is 0 Å². The highest BCUT2D eigenvalue weighted by Gasteiger charge is 2.17. The van der Waals surface area contributed by atoms with Gasteiger partial charge in [-0.2, -0.15) is 0 Å². The highest BCUT2D eigenvalue weighted by molar-refractivity contribution is 6.31. The fraction of sp³-hybridized carbons (Fsp3) is 0.316. The molecule has 2 aromatic carbocycles. The molecule has 134 valence electrons. The number of carbonyl (C=O) groups excluding carboxylic acids is 1. The van der Waals surface area contributed by atoms with Crippen LogP contribution in [0.4, 0.5) is 10.1 Å². The molecule has 0 aliphatic carbocycles. The first-order valence-electron chi connectivity index (χ1n) is 8.03. The van der Waals surface area contributed by atoms with Crippen molar-refractivity contribution in [2.45, 2.75) is 19.9 Å². The first-order valence-corrected chi connectivity index (χ1v) is 8.40. The zero-order chi connectivity index (χ0) is 18.4. The lowest BCUT2D eigenvalue weighted by Crippen LogP contribution is -2.33. The van der Waals surface area contributed by atoms with Crippen LogP contribution < -0.4 is 15.4 Å². The van der Waals surface area contributed by atoms with Crippen molar-refractivity contribution < 1.29 is 13.9 Å². The van der Waals surface area contributed by atoms with Gasteiger partial charge in [-0.15, -0.1) is 0 Å². The standard InChI is InChI=1S/C19H22ClFN2O2/c1-12(2)19(13-4-7-15(21)8-5-13)22-11-18(24)23-16-10-14(20)6-9-17(16)25-3/h4-10,12,19,22H,11H2,1-3H3,(H,23,24)/t19-/m0/s1. The molecule has 0 aliphatic heterocycles. The van der Waals surface area contributed by atoms with E-state index in [-0.39, 0.29) is 30.2 Å². The summed E-state index contributed by atoms with van der Waals surface area (Å²) in [5.74, 6) is 0.279. The summed E-state index contributed by atoms with van der Waals surface area (Å²) >= 11 is 5.97. The van der Waals surface area contributed by atoms with Crippen molar-refractivity contribution in [1.29, 1.82) is 0 Å². The molecule has 0 aromatic heterocycles. The highest BCUT2D eigenvalue weighted by atomic mass is 35.5. The number of hydrogen-bond acceptors (Lipinski definition) is 3. The number of amides is 1. The van der Waals surface area contributed by atoms with Gasteiger partial charge in [0, 0.05) is 11.1 Å². The van der Waals surface area contributed by atoms with Crippen molar-refractivity contribution >= 4 is 23.2 Å². The van der Waals surface area contributed by atoms with Crippen LogP contribution in [0.1, 0.15) is 25.5 Å². The number of hydrogen-bond donors (Lipinski definition) is 2. The van der Waals surface area contributed by atoms with Crippen molar-refractivity contribution in [2.24, 2.45) is 5.92 Å². The Morgan fingerprint density at radius 3 is 2.48 bits per heavy atom. The van der Waals surface area contributed by atoms with Crippen LogP contribution >= 0.6 is 11.6 Å². The summed E-state index contributed by atoms with van der Waals surface area (Å²) in [4.78, 5) is 12.3. The topological polar surface area (TPSA) is 50.4 Å². The van der Waals surface area contributed by atoms with Gasteiger partial charge < -0.3 is 15.4 Å². The fourth-order valence-corrected chi connectivity index (χ4v) is 2.76. The summed E-state index contributed by atoms with van der Waals surface area (Å²) in [7, 11) is 1.53. The van der Waals surface area contributed by atoms with E-state index in [2.05, 4.69) is 10.6 Å². The van der Waals surface area contributed by atoms with Gasteiger partial charge in [-0.25, -0.2) is 4.39 Å². The Labute approximate surface area is 152 Å². The van der Waals surface area contributed by atoms with E-state index in [0.717, 1.165) is 5.56 Å². The maximum Gasteiger partial charge on any atom is 0.238 e. The molecule has 1 atom stereocenters. The number of ether oxygens (including phenoxy) is 1. The molecule has 0 bridgehead atoms. The molecule has 1 amide bonds. The van der Waals surface area contributed by atoms with E-state index in [1.807, 2.05) is 13.8 Å². The van der Waals surface area contributed by atoms with E-state index >= 15 is 0 Å². The Bertz CT molecular complexity index is 720. The van der Waals surface area contributed by atoms with E-state index in [1.165, 1.54) is 19.2 Å². The zero-order valence-electron chi connectivity index (χ0n) is 14.5. The predicted molar refractivity (Wildman–Crippen MR) is 98.6 cm³/mol. The first kappa shape index (κ1) is 19.2. The van der Waals surface area contributed by atoms with Crippen molar-refractivity contribution in [3.05, 3.63) is 58.9 Å². The minimum Gasteiger partial charge on any atom is -0.495 e. The predicted octanol–water partition coefficient (Wildman–Crippen LogP) is 4.41. The van der Waals surface area contributed by atoms with Crippen LogP contribution in [-0.2, 0) is 4.79 Å². The number of nitrogens with one attached hydrogen (secondary N) is 2. The van der Waals surface area contributed by atoms with Gasteiger partial charge in [0.2, 0.25) is 5.91 Å². The number of rotatable bonds is 7. The Hall–Kier alpha value is -2.11.